The third-order valence-corrected chi connectivity index (χ3v) is 4.79. The molecule has 1 nitrogen and oxygen atoms in total. The van der Waals surface area contributed by atoms with Gasteiger partial charge in [0.25, 0.3) is 0 Å². The molecule has 5 rings (SSSR count). The van der Waals surface area contributed by atoms with Crippen LogP contribution in [0, 0.1) is 0 Å². The van der Waals surface area contributed by atoms with E-state index in [9.17, 15) is 0 Å². The number of hydrogen-bond donors (Lipinski definition) is 0. The Kier molecular flexibility index (Phi) is 1.41. The van der Waals surface area contributed by atoms with Crippen molar-refractivity contribution in [3.63, 3.8) is 0 Å². The summed E-state index contributed by atoms with van der Waals surface area (Å²) in [6.07, 6.45) is 2.17. The van der Waals surface area contributed by atoms with E-state index in [0.717, 1.165) is 0 Å². The molecule has 3 heterocycles. The molecule has 3 aromatic heterocycles. The van der Waals surface area contributed by atoms with Crippen molar-refractivity contribution in [1.82, 2.24) is 4.40 Å². The second-order valence-electron chi connectivity index (χ2n) is 4.70. The van der Waals surface area contributed by atoms with E-state index >= 15 is 0 Å². The molecule has 2 heteroatoms. The number of nitrogens with zero attached hydrogens (tertiary/aromatic N) is 1. The van der Waals surface area contributed by atoms with Crippen molar-refractivity contribution in [3.05, 3.63) is 54.0 Å². The Bertz CT molecular complexity index is 927. The van der Waals surface area contributed by atoms with Crippen molar-refractivity contribution in [2.24, 2.45) is 0 Å². The van der Waals surface area contributed by atoms with Crippen LogP contribution in [0.4, 0.5) is 0 Å². The normalized spacial score (nSPS) is 12.4. The van der Waals surface area contributed by atoms with Gasteiger partial charge in [0.15, 0.2) is 0 Å². The van der Waals surface area contributed by atoms with Crippen LogP contribution in [0.15, 0.2) is 54.0 Å². The Hall–Kier alpha value is -2.06. The van der Waals surface area contributed by atoms with Crippen LogP contribution in [0.1, 0.15) is 0 Å². The highest BCUT2D eigenvalue weighted by atomic mass is 32.1. The van der Waals surface area contributed by atoms with Crippen LogP contribution in [-0.4, -0.2) is 4.40 Å². The maximum atomic E-state index is 2.33. The smallest absolute Gasteiger partial charge is 0.0628 e. The molecule has 0 N–H and O–H groups in total. The zero-order valence-electron chi connectivity index (χ0n) is 9.55. The average molecular weight is 247 g/mol. The first-order chi connectivity index (χ1) is 8.95. The van der Waals surface area contributed by atoms with Gasteiger partial charge in [-0.15, -0.1) is 11.3 Å². The van der Waals surface area contributed by atoms with E-state index < -0.39 is 0 Å². The minimum absolute atomic E-state index is 1.31. The fourth-order valence-electron chi connectivity index (χ4n) is 3.16. The predicted molar refractivity (Wildman–Crippen MR) is 77.2 cm³/mol. The second kappa shape index (κ2) is 2.85. The van der Waals surface area contributed by atoms with Gasteiger partial charge in [0.2, 0.25) is 0 Å². The molecule has 4 aromatic rings. The maximum Gasteiger partial charge on any atom is 0.0628 e. The molecular formula is C16H9NS. The molecule has 0 bridgehead atoms. The quantitative estimate of drug-likeness (QED) is 0.370. The maximum absolute atomic E-state index is 2.33. The van der Waals surface area contributed by atoms with Gasteiger partial charge in [-0.25, -0.2) is 0 Å². The summed E-state index contributed by atoms with van der Waals surface area (Å²) >= 11 is 1.84. The highest BCUT2D eigenvalue weighted by Gasteiger charge is 2.26. The van der Waals surface area contributed by atoms with Gasteiger partial charge in [-0.1, -0.05) is 24.3 Å². The summed E-state index contributed by atoms with van der Waals surface area (Å²) in [6, 6.07) is 15.3. The van der Waals surface area contributed by atoms with Gasteiger partial charge >= 0.3 is 0 Å². The Labute approximate surface area is 108 Å². The molecule has 0 atom stereocenters. The highest BCUT2D eigenvalue weighted by Crippen LogP contribution is 2.51. The third kappa shape index (κ3) is 0.833. The zero-order chi connectivity index (χ0) is 11.7. The summed E-state index contributed by atoms with van der Waals surface area (Å²) in [5.74, 6) is 0. The summed E-state index contributed by atoms with van der Waals surface area (Å²) in [5, 5.41) is 4.98. The van der Waals surface area contributed by atoms with Crippen LogP contribution < -0.4 is 0 Å². The molecule has 1 aliphatic rings. The van der Waals surface area contributed by atoms with Crippen molar-refractivity contribution in [3.8, 4) is 21.7 Å². The number of rotatable bonds is 0. The number of aromatic nitrogens is 1. The Morgan fingerprint density at radius 3 is 2.89 bits per heavy atom. The van der Waals surface area contributed by atoms with Crippen molar-refractivity contribution in [2.45, 2.75) is 0 Å². The standard InChI is InChI=1S/C16H9NS/c1-2-8-17-13(6-1)10-4-3-5-11-14(10)15(17)12-7-9-18-16(11)12/h1-9H. The van der Waals surface area contributed by atoms with E-state index in [-0.39, 0.29) is 0 Å². The van der Waals surface area contributed by atoms with E-state index in [1.54, 1.807) is 0 Å². The van der Waals surface area contributed by atoms with Crippen LogP contribution in [0.25, 0.3) is 38.0 Å². The molecule has 0 saturated heterocycles. The molecule has 0 fully saturated rings. The monoisotopic (exact) mass is 247 g/mol. The van der Waals surface area contributed by atoms with E-state index in [1.807, 2.05) is 11.3 Å². The average Bonchev–Trinajstić information content (AvgIpc) is 3.06. The predicted octanol–water partition coefficient (Wildman–Crippen LogP) is 4.80. The number of hydrogen-bond acceptors (Lipinski definition) is 1. The largest absolute Gasteiger partial charge is 0.315 e. The summed E-state index contributed by atoms with van der Waals surface area (Å²) in [5.41, 5.74) is 5.46. The minimum atomic E-state index is 1.31. The molecule has 0 aliphatic heterocycles. The number of benzene rings is 1. The van der Waals surface area contributed by atoms with Crippen molar-refractivity contribution in [2.75, 3.05) is 0 Å². The van der Waals surface area contributed by atoms with Crippen LogP contribution in [0.5, 0.6) is 0 Å². The van der Waals surface area contributed by atoms with Crippen molar-refractivity contribution >= 4 is 27.6 Å². The van der Waals surface area contributed by atoms with Crippen molar-refractivity contribution < 1.29 is 0 Å². The third-order valence-electron chi connectivity index (χ3n) is 3.84. The lowest BCUT2D eigenvalue weighted by Crippen LogP contribution is -1.84. The molecule has 0 spiro atoms. The van der Waals surface area contributed by atoms with Gasteiger partial charge in [-0.2, -0.15) is 0 Å². The highest BCUT2D eigenvalue weighted by molar-refractivity contribution is 7.14. The fraction of sp³-hybridized carbons (Fsp3) is 0. The zero-order valence-corrected chi connectivity index (χ0v) is 10.4. The summed E-state index contributed by atoms with van der Waals surface area (Å²) in [6.45, 7) is 0. The molecule has 0 amide bonds. The van der Waals surface area contributed by atoms with Gasteiger partial charge < -0.3 is 4.40 Å². The van der Waals surface area contributed by atoms with E-state index in [0.29, 0.717) is 0 Å². The first kappa shape index (κ1) is 8.95. The van der Waals surface area contributed by atoms with Crippen LogP contribution in [0.2, 0.25) is 0 Å². The number of fused-ring (bicyclic) bond motifs is 6. The lowest BCUT2D eigenvalue weighted by Gasteiger charge is -2.00. The molecule has 18 heavy (non-hydrogen) atoms. The van der Waals surface area contributed by atoms with Gasteiger partial charge in [-0.3, -0.25) is 0 Å². The van der Waals surface area contributed by atoms with Crippen molar-refractivity contribution in [1.29, 1.82) is 0 Å². The molecule has 1 aromatic carbocycles. The lowest BCUT2D eigenvalue weighted by molar-refractivity contribution is 1.22. The molecule has 0 radical (unpaired) electrons. The van der Waals surface area contributed by atoms with E-state index in [1.165, 1.54) is 38.0 Å². The lowest BCUT2D eigenvalue weighted by atomic mass is 10.1. The Balaban J connectivity index is 2.20. The molecule has 0 unspecified atom stereocenters. The molecular weight excluding hydrogens is 238 g/mol. The van der Waals surface area contributed by atoms with Crippen LogP contribution >= 0.6 is 11.3 Å². The van der Waals surface area contributed by atoms with Gasteiger partial charge in [-0.05, 0) is 23.6 Å². The van der Waals surface area contributed by atoms with Crippen LogP contribution in [-0.2, 0) is 0 Å². The first-order valence-electron chi connectivity index (χ1n) is 6.05. The van der Waals surface area contributed by atoms with E-state index in [4.69, 9.17) is 0 Å². The van der Waals surface area contributed by atoms with Crippen LogP contribution in [0.3, 0.4) is 0 Å². The SMILES string of the molecule is c1cc2c3c(n4ccccc4c3c1)-c1ccsc1-2. The first-order valence-corrected chi connectivity index (χ1v) is 6.93. The van der Waals surface area contributed by atoms with E-state index in [2.05, 4.69) is 58.4 Å². The summed E-state index contributed by atoms with van der Waals surface area (Å²) in [7, 11) is 0. The minimum Gasteiger partial charge on any atom is -0.315 e. The summed E-state index contributed by atoms with van der Waals surface area (Å²) < 4.78 is 2.33. The Morgan fingerprint density at radius 1 is 0.889 bits per heavy atom. The topological polar surface area (TPSA) is 4.41 Å². The Morgan fingerprint density at radius 2 is 1.89 bits per heavy atom. The number of thiophene rings is 1. The summed E-state index contributed by atoms with van der Waals surface area (Å²) in [4.78, 5) is 1.42. The fourth-order valence-corrected chi connectivity index (χ4v) is 4.09. The molecule has 1 aliphatic carbocycles. The van der Waals surface area contributed by atoms with Gasteiger partial charge in [0.1, 0.15) is 0 Å². The second-order valence-corrected chi connectivity index (χ2v) is 5.61. The van der Waals surface area contributed by atoms with Gasteiger partial charge in [0, 0.05) is 33.0 Å². The molecule has 0 saturated carbocycles. The number of pyridine rings is 1. The molecule has 84 valence electrons. The van der Waals surface area contributed by atoms with Gasteiger partial charge in [0.05, 0.1) is 11.2 Å².